The van der Waals surface area contributed by atoms with E-state index in [-0.39, 0.29) is 11.9 Å². The normalized spacial score (nSPS) is 17.0. The summed E-state index contributed by atoms with van der Waals surface area (Å²) >= 11 is 0. The summed E-state index contributed by atoms with van der Waals surface area (Å²) < 4.78 is 24.8. The molecule has 0 spiro atoms. The first-order chi connectivity index (χ1) is 14.5. The third-order valence-corrected chi connectivity index (χ3v) is 5.07. The first-order valence-electron chi connectivity index (χ1n) is 9.93. The molecular weight excluding hydrogens is 382 g/mol. The molecule has 2 aromatic rings. The summed E-state index contributed by atoms with van der Waals surface area (Å²) in [5.74, 6) is -1.03. The fourth-order valence-corrected chi connectivity index (χ4v) is 3.58. The molecule has 30 heavy (non-hydrogen) atoms. The molecule has 6 heteroatoms. The first kappa shape index (κ1) is 22.0. The molecule has 0 bridgehead atoms. The van der Waals surface area contributed by atoms with Gasteiger partial charge in [0.15, 0.2) is 11.6 Å². The lowest BCUT2D eigenvalue weighted by Gasteiger charge is -2.28. The molecule has 2 aromatic carbocycles. The van der Waals surface area contributed by atoms with Gasteiger partial charge in [0.2, 0.25) is 0 Å². The summed E-state index contributed by atoms with van der Waals surface area (Å²) in [4.78, 5) is 0. The minimum atomic E-state index is -0.843. The van der Waals surface area contributed by atoms with Gasteiger partial charge in [0, 0.05) is 13.4 Å². The minimum Gasteiger partial charge on any atom is -0.505 e. The van der Waals surface area contributed by atoms with E-state index in [2.05, 4.69) is 6.58 Å². The standard InChI is InChI=1S/C24H26BFO4/c1-17(16-29-2)21-12-13-25(28)30-24(21)11-9-20(19-6-4-3-5-7-19)14-18-8-10-23(27)22(26)15-18/h3-8,10,12,14-15,24,27-28H,1,9,11,13,16H2,2H3/b20-14-. The molecule has 0 aliphatic carbocycles. The molecule has 0 fully saturated rings. The SMILES string of the molecule is C=C(COC)C1=CCB(O)OC1CC/C(=C/c1ccc(O)c(F)c1)c1ccccc1. The Kier molecular flexibility index (Phi) is 7.63. The molecule has 2 N–H and O–H groups in total. The number of phenols is 1. The second-order valence-corrected chi connectivity index (χ2v) is 7.30. The van der Waals surface area contributed by atoms with E-state index in [0.29, 0.717) is 31.3 Å². The van der Waals surface area contributed by atoms with Crippen LogP contribution in [0.25, 0.3) is 11.6 Å². The number of allylic oxidation sites excluding steroid dienone is 2. The number of phenolic OH excluding ortho intramolecular Hbond substituents is 1. The molecule has 1 heterocycles. The molecule has 0 radical (unpaired) electrons. The molecule has 0 aromatic heterocycles. The number of aromatic hydroxyl groups is 1. The van der Waals surface area contributed by atoms with Gasteiger partial charge in [-0.2, -0.15) is 0 Å². The van der Waals surface area contributed by atoms with Crippen LogP contribution in [0.5, 0.6) is 5.75 Å². The maximum atomic E-state index is 13.8. The zero-order chi connectivity index (χ0) is 21.5. The van der Waals surface area contributed by atoms with Crippen molar-refractivity contribution in [3.63, 3.8) is 0 Å². The van der Waals surface area contributed by atoms with E-state index >= 15 is 0 Å². The van der Waals surface area contributed by atoms with Gasteiger partial charge in [-0.05, 0) is 52.8 Å². The third-order valence-electron chi connectivity index (χ3n) is 5.07. The lowest BCUT2D eigenvalue weighted by Crippen LogP contribution is -2.32. The van der Waals surface area contributed by atoms with E-state index < -0.39 is 12.9 Å². The summed E-state index contributed by atoms with van der Waals surface area (Å²) in [6.07, 6.45) is 5.24. The Labute approximate surface area is 177 Å². The van der Waals surface area contributed by atoms with Crippen molar-refractivity contribution in [3.8, 4) is 5.75 Å². The molecule has 1 atom stereocenters. The van der Waals surface area contributed by atoms with Crippen LogP contribution < -0.4 is 0 Å². The van der Waals surface area contributed by atoms with E-state index in [9.17, 15) is 14.5 Å². The monoisotopic (exact) mass is 408 g/mol. The van der Waals surface area contributed by atoms with E-state index in [1.54, 1.807) is 13.2 Å². The van der Waals surface area contributed by atoms with Crippen molar-refractivity contribution in [2.45, 2.75) is 25.3 Å². The van der Waals surface area contributed by atoms with Crippen LogP contribution in [0.15, 0.2) is 72.3 Å². The van der Waals surface area contributed by atoms with E-state index in [1.165, 1.54) is 12.1 Å². The molecule has 156 valence electrons. The molecule has 0 saturated carbocycles. The van der Waals surface area contributed by atoms with Gasteiger partial charge in [-0.25, -0.2) is 4.39 Å². The highest BCUT2D eigenvalue weighted by Crippen LogP contribution is 2.31. The van der Waals surface area contributed by atoms with Gasteiger partial charge < -0.3 is 19.5 Å². The molecule has 1 aliphatic rings. The third kappa shape index (κ3) is 5.69. The van der Waals surface area contributed by atoms with Crippen molar-refractivity contribution < 1.29 is 23.9 Å². The Morgan fingerprint density at radius 1 is 1.30 bits per heavy atom. The molecular formula is C24H26BFO4. The Morgan fingerprint density at radius 2 is 2.07 bits per heavy atom. The average Bonchev–Trinajstić information content (AvgIpc) is 2.74. The second kappa shape index (κ2) is 10.4. The first-order valence-corrected chi connectivity index (χ1v) is 9.93. The number of halogens is 1. The largest absolute Gasteiger partial charge is 0.505 e. The summed E-state index contributed by atoms with van der Waals surface area (Å²) in [6, 6.07) is 14.2. The van der Waals surface area contributed by atoms with Gasteiger partial charge in [0.05, 0.1) is 12.7 Å². The number of benzene rings is 2. The zero-order valence-electron chi connectivity index (χ0n) is 17.1. The van der Waals surface area contributed by atoms with E-state index in [1.807, 2.05) is 42.5 Å². The number of hydrogen-bond donors (Lipinski definition) is 2. The van der Waals surface area contributed by atoms with Crippen molar-refractivity contribution >= 4 is 18.8 Å². The summed E-state index contributed by atoms with van der Waals surface area (Å²) in [5, 5.41) is 19.4. The van der Waals surface area contributed by atoms with Crippen LogP contribution in [0.4, 0.5) is 4.39 Å². The Morgan fingerprint density at radius 3 is 2.77 bits per heavy atom. The van der Waals surface area contributed by atoms with Crippen LogP contribution in [-0.2, 0) is 9.39 Å². The predicted octanol–water partition coefficient (Wildman–Crippen LogP) is 4.86. The molecule has 1 aliphatic heterocycles. The molecule has 1 unspecified atom stereocenters. The van der Waals surface area contributed by atoms with E-state index in [0.717, 1.165) is 22.3 Å². The summed E-state index contributed by atoms with van der Waals surface area (Å²) in [7, 11) is 0.774. The van der Waals surface area contributed by atoms with Crippen LogP contribution in [0.1, 0.15) is 24.0 Å². The second-order valence-electron chi connectivity index (χ2n) is 7.30. The van der Waals surface area contributed by atoms with Crippen LogP contribution in [-0.4, -0.2) is 37.1 Å². The summed E-state index contributed by atoms with van der Waals surface area (Å²) in [5.41, 5.74) is 4.46. The molecule has 3 rings (SSSR count). The summed E-state index contributed by atoms with van der Waals surface area (Å²) in [6.45, 7) is 4.48. The van der Waals surface area contributed by atoms with Crippen LogP contribution in [0.2, 0.25) is 6.32 Å². The predicted molar refractivity (Wildman–Crippen MR) is 118 cm³/mol. The van der Waals surface area contributed by atoms with Gasteiger partial charge >= 0.3 is 7.12 Å². The lowest BCUT2D eigenvalue weighted by atomic mass is 9.78. The lowest BCUT2D eigenvalue weighted by molar-refractivity contribution is 0.177. The molecule has 4 nitrogen and oxygen atoms in total. The highest BCUT2D eigenvalue weighted by Gasteiger charge is 2.28. The Balaban J connectivity index is 1.85. The van der Waals surface area contributed by atoms with Crippen LogP contribution in [0.3, 0.4) is 0 Å². The Hall–Kier alpha value is -2.67. The molecule has 0 saturated heterocycles. The minimum absolute atomic E-state index is 0.305. The van der Waals surface area contributed by atoms with E-state index in [4.69, 9.17) is 9.39 Å². The highest BCUT2D eigenvalue weighted by molar-refractivity contribution is 6.43. The van der Waals surface area contributed by atoms with Gasteiger partial charge in [-0.3, -0.25) is 0 Å². The maximum absolute atomic E-state index is 13.8. The fraction of sp³-hybridized carbons (Fsp3) is 0.250. The van der Waals surface area contributed by atoms with Gasteiger partial charge in [0.25, 0.3) is 0 Å². The highest BCUT2D eigenvalue weighted by atomic mass is 19.1. The molecule has 0 amide bonds. The van der Waals surface area contributed by atoms with Crippen molar-refractivity contribution in [2.24, 2.45) is 0 Å². The van der Waals surface area contributed by atoms with Gasteiger partial charge in [0.1, 0.15) is 0 Å². The topological polar surface area (TPSA) is 58.9 Å². The van der Waals surface area contributed by atoms with Crippen molar-refractivity contribution in [3.05, 3.63) is 89.3 Å². The Bertz CT molecular complexity index is 939. The van der Waals surface area contributed by atoms with Gasteiger partial charge in [-0.15, -0.1) is 0 Å². The fourth-order valence-electron chi connectivity index (χ4n) is 3.58. The van der Waals surface area contributed by atoms with Crippen LogP contribution >= 0.6 is 0 Å². The van der Waals surface area contributed by atoms with Crippen molar-refractivity contribution in [1.82, 2.24) is 0 Å². The van der Waals surface area contributed by atoms with Crippen LogP contribution in [0, 0.1) is 5.82 Å². The number of methoxy groups -OCH3 is 1. The van der Waals surface area contributed by atoms with Gasteiger partial charge in [-0.1, -0.05) is 55.1 Å². The zero-order valence-corrected chi connectivity index (χ0v) is 17.1. The average molecular weight is 408 g/mol. The maximum Gasteiger partial charge on any atom is 0.458 e. The number of ether oxygens (including phenoxy) is 1. The number of hydrogen-bond acceptors (Lipinski definition) is 4. The quantitative estimate of drug-likeness (QED) is 0.484. The van der Waals surface area contributed by atoms with Crippen molar-refractivity contribution in [2.75, 3.05) is 13.7 Å². The van der Waals surface area contributed by atoms with Crippen molar-refractivity contribution in [1.29, 1.82) is 0 Å². The number of rotatable bonds is 8. The smallest absolute Gasteiger partial charge is 0.458 e.